The van der Waals surface area contributed by atoms with Crippen molar-refractivity contribution in [2.75, 3.05) is 12.8 Å². The van der Waals surface area contributed by atoms with Crippen molar-refractivity contribution in [3.8, 4) is 11.1 Å². The fraction of sp³-hybridized carbons (Fsp3) is 0.478. The molecule has 0 spiro atoms. The van der Waals surface area contributed by atoms with Crippen LogP contribution in [-0.4, -0.2) is 40.9 Å². The van der Waals surface area contributed by atoms with Crippen molar-refractivity contribution < 1.29 is 21.2 Å². The zero-order chi connectivity index (χ0) is 23.6. The Kier molecular flexibility index (Phi) is 7.44. The quantitative estimate of drug-likeness (QED) is 0.572. The van der Waals surface area contributed by atoms with Crippen LogP contribution in [0.15, 0.2) is 48.5 Å². The van der Waals surface area contributed by atoms with Crippen LogP contribution < -0.4 is 9.44 Å². The summed E-state index contributed by atoms with van der Waals surface area (Å²) in [6, 6.07) is 14.2. The van der Waals surface area contributed by atoms with E-state index in [4.69, 9.17) is 0 Å². The largest absolute Gasteiger partial charge is 0.237 e. The van der Waals surface area contributed by atoms with Gasteiger partial charge in [0, 0.05) is 6.54 Å². The van der Waals surface area contributed by atoms with E-state index in [-0.39, 0.29) is 6.42 Å². The van der Waals surface area contributed by atoms with Gasteiger partial charge in [0.2, 0.25) is 20.0 Å². The third-order valence-corrected chi connectivity index (χ3v) is 8.53. The Balaban J connectivity index is 1.71. The molecule has 0 radical (unpaired) electrons. The van der Waals surface area contributed by atoms with Crippen LogP contribution >= 0.6 is 0 Å². The molecule has 176 valence electrons. The number of nitrogens with one attached hydrogen (secondary N) is 2. The van der Waals surface area contributed by atoms with Crippen LogP contribution in [0.3, 0.4) is 0 Å². The van der Waals surface area contributed by atoms with Gasteiger partial charge in [0.05, 0.1) is 17.5 Å². The van der Waals surface area contributed by atoms with Crippen LogP contribution in [0.1, 0.15) is 44.2 Å². The molecule has 2 N–H and O–H groups in total. The minimum atomic E-state index is -3.56. The van der Waals surface area contributed by atoms with Gasteiger partial charge in [-0.2, -0.15) is 0 Å². The SMILES string of the molecule is CC(C)S(=O)(=O)N[C@H]1CCC[C@@]1(F)c1ccc(-c2ccc(CCNS(C)(=O)=O)cc2)cc1. The molecule has 1 aliphatic rings. The van der Waals surface area contributed by atoms with E-state index in [1.54, 1.807) is 26.0 Å². The van der Waals surface area contributed by atoms with E-state index in [0.29, 0.717) is 31.4 Å². The molecule has 2 aromatic rings. The van der Waals surface area contributed by atoms with Crippen LogP contribution in [0, 0.1) is 0 Å². The second-order valence-electron chi connectivity index (χ2n) is 8.71. The van der Waals surface area contributed by atoms with Crippen molar-refractivity contribution in [3.05, 3.63) is 59.7 Å². The van der Waals surface area contributed by atoms with Crippen molar-refractivity contribution in [2.45, 2.75) is 56.5 Å². The molecular formula is C23H31FN2O4S2. The Morgan fingerprint density at radius 1 is 1.00 bits per heavy atom. The average Bonchev–Trinajstić information content (AvgIpc) is 3.08. The topological polar surface area (TPSA) is 92.3 Å². The van der Waals surface area contributed by atoms with E-state index in [0.717, 1.165) is 22.9 Å². The first kappa shape index (κ1) is 24.8. The molecular weight excluding hydrogens is 451 g/mol. The standard InChI is InChI=1S/C23H31FN2O4S2/c1-17(2)32(29,30)26-22-5-4-15-23(22,24)21-12-10-20(11-13-21)19-8-6-18(7-9-19)14-16-25-31(3,27)28/h6-13,17,22,25-26H,4-5,14-16H2,1-3H3/t22-,23+/m0/s1. The lowest BCUT2D eigenvalue weighted by Gasteiger charge is -2.29. The summed E-state index contributed by atoms with van der Waals surface area (Å²) in [4.78, 5) is 0. The van der Waals surface area contributed by atoms with E-state index < -0.39 is 37.0 Å². The Morgan fingerprint density at radius 3 is 2.09 bits per heavy atom. The van der Waals surface area contributed by atoms with E-state index in [1.807, 2.05) is 36.4 Å². The Morgan fingerprint density at radius 2 is 1.56 bits per heavy atom. The Labute approximate surface area is 190 Å². The molecule has 9 heteroatoms. The number of rotatable bonds is 9. The van der Waals surface area contributed by atoms with E-state index in [1.165, 1.54) is 0 Å². The van der Waals surface area contributed by atoms with E-state index in [2.05, 4.69) is 9.44 Å². The van der Waals surface area contributed by atoms with Crippen molar-refractivity contribution in [1.82, 2.24) is 9.44 Å². The smallest absolute Gasteiger partial charge is 0.214 e. The summed E-state index contributed by atoms with van der Waals surface area (Å²) in [5.41, 5.74) is 1.66. The first-order valence-electron chi connectivity index (χ1n) is 10.8. The number of alkyl halides is 1. The van der Waals surface area contributed by atoms with Gasteiger partial charge >= 0.3 is 0 Å². The molecule has 1 fully saturated rings. The summed E-state index contributed by atoms with van der Waals surface area (Å²) in [6.07, 6.45) is 3.10. The number of benzene rings is 2. The summed E-state index contributed by atoms with van der Waals surface area (Å²) in [6.45, 7) is 3.51. The minimum absolute atomic E-state index is 0.286. The fourth-order valence-electron chi connectivity index (χ4n) is 3.98. The molecule has 0 saturated heterocycles. The van der Waals surface area contributed by atoms with Gasteiger partial charge in [-0.25, -0.2) is 30.7 Å². The summed E-state index contributed by atoms with van der Waals surface area (Å²) < 4.78 is 67.8. The normalized spacial score (nSPS) is 21.8. The molecule has 0 bridgehead atoms. The lowest BCUT2D eigenvalue weighted by atomic mass is 9.89. The molecule has 2 aromatic carbocycles. The molecule has 0 aromatic heterocycles. The predicted molar refractivity (Wildman–Crippen MR) is 126 cm³/mol. The number of hydrogen-bond donors (Lipinski definition) is 2. The van der Waals surface area contributed by atoms with Gasteiger partial charge in [0.15, 0.2) is 5.67 Å². The molecule has 2 atom stereocenters. The lowest BCUT2D eigenvalue weighted by molar-refractivity contribution is 0.142. The third kappa shape index (κ3) is 5.95. The van der Waals surface area contributed by atoms with Gasteiger partial charge in [0.1, 0.15) is 0 Å². The second kappa shape index (κ2) is 9.59. The maximum absolute atomic E-state index is 15.9. The molecule has 1 aliphatic carbocycles. The molecule has 0 amide bonds. The van der Waals surface area contributed by atoms with Gasteiger partial charge in [-0.15, -0.1) is 0 Å². The maximum atomic E-state index is 15.9. The third-order valence-electron chi connectivity index (χ3n) is 5.94. The van der Waals surface area contributed by atoms with Crippen molar-refractivity contribution >= 4 is 20.0 Å². The first-order chi connectivity index (χ1) is 14.9. The van der Waals surface area contributed by atoms with Crippen molar-refractivity contribution in [1.29, 1.82) is 0 Å². The summed E-state index contributed by atoms with van der Waals surface area (Å²) in [7, 11) is -6.76. The van der Waals surface area contributed by atoms with E-state index in [9.17, 15) is 16.8 Å². The van der Waals surface area contributed by atoms with Gasteiger partial charge < -0.3 is 0 Å². The molecule has 32 heavy (non-hydrogen) atoms. The zero-order valence-electron chi connectivity index (χ0n) is 18.6. The van der Waals surface area contributed by atoms with Gasteiger partial charge in [-0.3, -0.25) is 0 Å². The highest BCUT2D eigenvalue weighted by molar-refractivity contribution is 7.90. The van der Waals surface area contributed by atoms with Crippen LogP contribution in [0.5, 0.6) is 0 Å². The molecule has 3 rings (SSSR count). The number of halogens is 1. The summed E-state index contributed by atoms with van der Waals surface area (Å²) >= 11 is 0. The second-order valence-corrected chi connectivity index (χ2v) is 12.8. The maximum Gasteiger partial charge on any atom is 0.214 e. The summed E-state index contributed by atoms with van der Waals surface area (Å²) in [5, 5.41) is -0.611. The number of sulfonamides is 2. The predicted octanol–water partition coefficient (Wildman–Crippen LogP) is 3.49. The van der Waals surface area contributed by atoms with Crippen LogP contribution in [0.2, 0.25) is 0 Å². The Hall–Kier alpha value is -1.81. The van der Waals surface area contributed by atoms with Gasteiger partial charge in [0.25, 0.3) is 0 Å². The summed E-state index contributed by atoms with van der Waals surface area (Å²) in [5.74, 6) is 0. The highest BCUT2D eigenvalue weighted by Crippen LogP contribution is 2.43. The lowest BCUT2D eigenvalue weighted by Crippen LogP contribution is -2.46. The first-order valence-corrected chi connectivity index (χ1v) is 14.2. The molecule has 0 heterocycles. The van der Waals surface area contributed by atoms with Crippen LogP contribution in [0.25, 0.3) is 11.1 Å². The van der Waals surface area contributed by atoms with Crippen LogP contribution in [-0.2, 0) is 32.1 Å². The molecule has 0 aliphatic heterocycles. The van der Waals surface area contributed by atoms with Gasteiger partial charge in [-0.1, -0.05) is 48.5 Å². The van der Waals surface area contributed by atoms with Crippen molar-refractivity contribution in [2.24, 2.45) is 0 Å². The number of hydrogen-bond acceptors (Lipinski definition) is 4. The van der Waals surface area contributed by atoms with Crippen LogP contribution in [0.4, 0.5) is 4.39 Å². The van der Waals surface area contributed by atoms with Gasteiger partial charge in [-0.05, 0) is 61.8 Å². The molecule has 1 saturated carbocycles. The van der Waals surface area contributed by atoms with Crippen molar-refractivity contribution in [3.63, 3.8) is 0 Å². The van der Waals surface area contributed by atoms with E-state index >= 15 is 4.39 Å². The monoisotopic (exact) mass is 482 g/mol. The highest BCUT2D eigenvalue weighted by Gasteiger charge is 2.46. The molecule has 6 nitrogen and oxygen atoms in total. The highest BCUT2D eigenvalue weighted by atomic mass is 32.2. The molecule has 0 unspecified atom stereocenters. The minimum Gasteiger partial charge on any atom is -0.237 e. The fourth-order valence-corrected chi connectivity index (χ4v) is 5.43. The average molecular weight is 483 g/mol. The Bertz CT molecular complexity index is 1130. The zero-order valence-corrected chi connectivity index (χ0v) is 20.3.